The van der Waals surface area contributed by atoms with E-state index >= 15 is 0 Å². The lowest BCUT2D eigenvalue weighted by Crippen LogP contribution is -2.43. The third kappa shape index (κ3) is 6.06. The standard InChI is InChI=1S/C26H35FN2O3S/c1-2-32-26(31)20-6-5-13-28(16-20)14-11-19-17-29(15-12-23(19)33)24(25(30)18-9-10-18)21-7-3-4-8-22(21)27/h3-4,7-8,11,18,20,23-24,33H,2,5-6,9-10,12-17H2,1H3/b19-11+. The summed E-state index contributed by atoms with van der Waals surface area (Å²) < 4.78 is 19.9. The number of esters is 1. The number of nitrogens with zero attached hydrogens (tertiary/aromatic N) is 2. The maximum absolute atomic E-state index is 14.7. The van der Waals surface area contributed by atoms with Crippen molar-refractivity contribution >= 4 is 24.4 Å². The van der Waals surface area contributed by atoms with Crippen LogP contribution < -0.4 is 0 Å². The lowest BCUT2D eigenvalue weighted by molar-refractivity contribution is -0.149. The van der Waals surface area contributed by atoms with Crippen LogP contribution in [0.4, 0.5) is 4.39 Å². The Labute approximate surface area is 201 Å². The van der Waals surface area contributed by atoms with E-state index in [4.69, 9.17) is 17.4 Å². The zero-order valence-corrected chi connectivity index (χ0v) is 20.3. The molecule has 3 fully saturated rings. The van der Waals surface area contributed by atoms with Crippen molar-refractivity contribution in [2.45, 2.75) is 50.3 Å². The molecule has 0 N–H and O–H groups in total. The molecule has 0 spiro atoms. The molecule has 5 nitrogen and oxygen atoms in total. The summed E-state index contributed by atoms with van der Waals surface area (Å²) in [6.45, 7) is 6.00. The number of ether oxygens (including phenoxy) is 1. The molecule has 0 aromatic heterocycles. The average molecular weight is 475 g/mol. The van der Waals surface area contributed by atoms with Gasteiger partial charge in [-0.25, -0.2) is 4.39 Å². The molecule has 0 bridgehead atoms. The summed E-state index contributed by atoms with van der Waals surface area (Å²) in [5.74, 6) is -0.270. The number of ketones is 1. The highest BCUT2D eigenvalue weighted by Gasteiger charge is 2.40. The van der Waals surface area contributed by atoms with Gasteiger partial charge < -0.3 is 4.74 Å². The van der Waals surface area contributed by atoms with Gasteiger partial charge >= 0.3 is 5.97 Å². The van der Waals surface area contributed by atoms with Gasteiger partial charge in [0.25, 0.3) is 0 Å². The van der Waals surface area contributed by atoms with E-state index < -0.39 is 6.04 Å². The number of Topliss-reactive ketones (excluding diaryl/α,β-unsaturated/α-hetero) is 1. The minimum absolute atomic E-state index is 0.0592. The fourth-order valence-electron chi connectivity index (χ4n) is 5.05. The summed E-state index contributed by atoms with van der Waals surface area (Å²) in [4.78, 5) is 29.8. The normalized spacial score (nSPS) is 26.8. The van der Waals surface area contributed by atoms with Crippen molar-refractivity contribution in [3.8, 4) is 0 Å². The van der Waals surface area contributed by atoms with Gasteiger partial charge in [-0.15, -0.1) is 0 Å². The fourth-order valence-corrected chi connectivity index (χ4v) is 5.35. The third-order valence-corrected chi connectivity index (χ3v) is 7.64. The molecular formula is C26H35FN2O3S. The van der Waals surface area contributed by atoms with Crippen LogP contribution in [0.25, 0.3) is 0 Å². The second kappa shape index (κ2) is 11.2. The predicted molar refractivity (Wildman–Crippen MR) is 130 cm³/mol. The van der Waals surface area contributed by atoms with Crippen LogP contribution in [0.1, 0.15) is 50.6 Å². The van der Waals surface area contributed by atoms with Gasteiger partial charge in [-0.3, -0.25) is 19.4 Å². The van der Waals surface area contributed by atoms with Gasteiger partial charge in [0.05, 0.1) is 18.6 Å². The molecule has 4 rings (SSSR count). The Hall–Kier alpha value is -1.70. The molecule has 2 saturated heterocycles. The Morgan fingerprint density at radius 1 is 1.18 bits per heavy atom. The molecule has 0 amide bonds. The van der Waals surface area contributed by atoms with Crippen molar-refractivity contribution in [3.05, 3.63) is 47.3 Å². The molecule has 2 heterocycles. The van der Waals surface area contributed by atoms with Gasteiger partial charge in [0.2, 0.25) is 0 Å². The summed E-state index contributed by atoms with van der Waals surface area (Å²) in [5.41, 5.74) is 1.66. The Bertz CT molecular complexity index is 888. The van der Waals surface area contributed by atoms with Gasteiger partial charge in [0.15, 0.2) is 5.78 Å². The molecule has 1 aromatic carbocycles. The zero-order chi connectivity index (χ0) is 23.4. The van der Waals surface area contributed by atoms with Crippen molar-refractivity contribution < 1.29 is 18.7 Å². The van der Waals surface area contributed by atoms with Gasteiger partial charge in [-0.2, -0.15) is 12.6 Å². The van der Waals surface area contributed by atoms with E-state index in [2.05, 4.69) is 15.9 Å². The minimum atomic E-state index is -0.536. The molecule has 1 saturated carbocycles. The lowest BCUT2D eigenvalue weighted by Gasteiger charge is -2.38. The Morgan fingerprint density at radius 3 is 2.70 bits per heavy atom. The van der Waals surface area contributed by atoms with Crippen LogP contribution in [0.3, 0.4) is 0 Å². The van der Waals surface area contributed by atoms with Crippen molar-refractivity contribution in [2.24, 2.45) is 11.8 Å². The number of piperidine rings is 2. The summed E-state index contributed by atoms with van der Waals surface area (Å²) in [6.07, 6.45) is 6.70. The number of benzene rings is 1. The first-order chi connectivity index (χ1) is 16.0. The van der Waals surface area contributed by atoms with E-state index in [1.54, 1.807) is 12.1 Å². The monoisotopic (exact) mass is 474 g/mol. The molecule has 7 heteroatoms. The number of likely N-dealkylation sites (tertiary alicyclic amines) is 2. The van der Waals surface area contributed by atoms with Crippen LogP contribution >= 0.6 is 12.6 Å². The number of hydrogen-bond donors (Lipinski definition) is 1. The highest BCUT2D eigenvalue weighted by Crippen LogP contribution is 2.39. The van der Waals surface area contributed by atoms with Crippen molar-refractivity contribution in [1.29, 1.82) is 0 Å². The Balaban J connectivity index is 1.46. The molecule has 33 heavy (non-hydrogen) atoms. The van der Waals surface area contributed by atoms with Crippen LogP contribution in [-0.2, 0) is 14.3 Å². The first-order valence-electron chi connectivity index (χ1n) is 12.3. The number of halogens is 1. The second-order valence-corrected chi connectivity index (χ2v) is 10.1. The van der Waals surface area contributed by atoms with Crippen LogP contribution in [0, 0.1) is 17.7 Å². The zero-order valence-electron chi connectivity index (χ0n) is 19.4. The van der Waals surface area contributed by atoms with E-state index in [1.807, 2.05) is 13.0 Å². The number of rotatable bonds is 8. The molecule has 180 valence electrons. The number of thiol groups is 1. The topological polar surface area (TPSA) is 49.9 Å². The summed E-state index contributed by atoms with van der Waals surface area (Å²) in [5, 5.41) is 0.129. The molecule has 0 radical (unpaired) electrons. The molecule has 1 aromatic rings. The smallest absolute Gasteiger partial charge is 0.310 e. The molecular weight excluding hydrogens is 439 g/mol. The van der Waals surface area contributed by atoms with Crippen LogP contribution in [0.2, 0.25) is 0 Å². The van der Waals surface area contributed by atoms with E-state index in [0.29, 0.717) is 25.3 Å². The first kappa shape index (κ1) is 24.4. The lowest BCUT2D eigenvalue weighted by atomic mass is 9.93. The number of hydrogen-bond acceptors (Lipinski definition) is 6. The van der Waals surface area contributed by atoms with E-state index in [-0.39, 0.29) is 34.7 Å². The SMILES string of the molecule is CCOC(=O)C1CCCN(C/C=C2\CN(C(C(=O)C3CC3)c3ccccc3F)CCC2S)C1. The molecule has 3 unspecified atom stereocenters. The molecule has 3 aliphatic rings. The maximum atomic E-state index is 14.7. The van der Waals surface area contributed by atoms with Gasteiger partial charge in [0, 0.05) is 42.9 Å². The largest absolute Gasteiger partial charge is 0.466 e. The van der Waals surface area contributed by atoms with Gasteiger partial charge in [-0.1, -0.05) is 24.3 Å². The Morgan fingerprint density at radius 2 is 1.97 bits per heavy atom. The molecule has 2 aliphatic heterocycles. The van der Waals surface area contributed by atoms with Crippen molar-refractivity contribution in [2.75, 3.05) is 39.3 Å². The predicted octanol–water partition coefficient (Wildman–Crippen LogP) is 4.05. The van der Waals surface area contributed by atoms with Gasteiger partial charge in [-0.05, 0) is 57.2 Å². The van der Waals surface area contributed by atoms with E-state index in [9.17, 15) is 14.0 Å². The van der Waals surface area contributed by atoms with Crippen LogP contribution in [0.15, 0.2) is 35.9 Å². The molecule has 1 aliphatic carbocycles. The Kier molecular flexibility index (Phi) is 8.25. The van der Waals surface area contributed by atoms with E-state index in [0.717, 1.165) is 51.7 Å². The fraction of sp³-hybridized carbons (Fsp3) is 0.615. The highest BCUT2D eigenvalue weighted by molar-refractivity contribution is 7.81. The summed E-state index contributed by atoms with van der Waals surface area (Å²) in [6, 6.07) is 6.14. The first-order valence-corrected chi connectivity index (χ1v) is 12.8. The minimum Gasteiger partial charge on any atom is -0.466 e. The van der Waals surface area contributed by atoms with Gasteiger partial charge in [0.1, 0.15) is 5.82 Å². The second-order valence-electron chi connectivity index (χ2n) is 9.51. The van der Waals surface area contributed by atoms with Crippen LogP contribution in [0.5, 0.6) is 0 Å². The number of carbonyl (C=O) groups excluding carboxylic acids is 2. The maximum Gasteiger partial charge on any atom is 0.310 e. The quantitative estimate of drug-likeness (QED) is 0.350. The number of carbonyl (C=O) groups is 2. The highest BCUT2D eigenvalue weighted by atomic mass is 32.1. The van der Waals surface area contributed by atoms with Crippen molar-refractivity contribution in [3.63, 3.8) is 0 Å². The third-order valence-electron chi connectivity index (χ3n) is 7.05. The molecule has 3 atom stereocenters. The van der Waals surface area contributed by atoms with E-state index in [1.165, 1.54) is 11.6 Å². The summed E-state index contributed by atoms with van der Waals surface area (Å²) in [7, 11) is 0. The average Bonchev–Trinajstić information content (AvgIpc) is 3.66. The summed E-state index contributed by atoms with van der Waals surface area (Å²) >= 11 is 4.81. The van der Waals surface area contributed by atoms with Crippen LogP contribution in [-0.4, -0.2) is 66.1 Å². The van der Waals surface area contributed by atoms with Crippen molar-refractivity contribution in [1.82, 2.24) is 9.80 Å².